The molecule has 1 aliphatic heterocycles. The van der Waals surface area contributed by atoms with Crippen molar-refractivity contribution in [3.63, 3.8) is 0 Å². The highest BCUT2D eigenvalue weighted by Crippen LogP contribution is 2.36. The van der Waals surface area contributed by atoms with Crippen LogP contribution in [0.2, 0.25) is 0 Å². The van der Waals surface area contributed by atoms with Crippen molar-refractivity contribution in [2.24, 2.45) is 5.92 Å². The van der Waals surface area contributed by atoms with Crippen LogP contribution >= 0.6 is 28.6 Å². The minimum absolute atomic E-state index is 0.169. The van der Waals surface area contributed by atoms with Gasteiger partial charge in [-0.15, -0.1) is 12.6 Å². The van der Waals surface area contributed by atoms with Gasteiger partial charge in [0, 0.05) is 22.0 Å². The van der Waals surface area contributed by atoms with Gasteiger partial charge in [-0.05, 0) is 65.7 Å². The van der Waals surface area contributed by atoms with Crippen molar-refractivity contribution in [1.29, 1.82) is 0 Å². The molecule has 1 aromatic carbocycles. The summed E-state index contributed by atoms with van der Waals surface area (Å²) in [5.41, 5.74) is 0.752. The van der Waals surface area contributed by atoms with Crippen LogP contribution < -0.4 is 0 Å². The van der Waals surface area contributed by atoms with Crippen LogP contribution in [0.1, 0.15) is 48.9 Å². The van der Waals surface area contributed by atoms with E-state index in [2.05, 4.69) is 33.5 Å². The molecule has 0 radical (unpaired) electrons. The largest absolute Gasteiger partial charge is 0.335 e. The molecule has 4 heteroatoms. The van der Waals surface area contributed by atoms with Crippen molar-refractivity contribution in [2.45, 2.75) is 49.5 Å². The zero-order valence-electron chi connectivity index (χ0n) is 11.5. The highest BCUT2D eigenvalue weighted by atomic mass is 79.9. The number of hydrogen-bond donors (Lipinski definition) is 1. The predicted molar refractivity (Wildman–Crippen MR) is 87.4 cm³/mol. The molecule has 0 bridgehead atoms. The van der Waals surface area contributed by atoms with E-state index in [4.69, 9.17) is 0 Å². The molecule has 1 heterocycles. The van der Waals surface area contributed by atoms with E-state index >= 15 is 0 Å². The van der Waals surface area contributed by atoms with Crippen LogP contribution in [0.15, 0.2) is 27.6 Å². The van der Waals surface area contributed by atoms with Crippen LogP contribution in [-0.2, 0) is 0 Å². The fourth-order valence-electron chi connectivity index (χ4n) is 3.71. The molecule has 1 unspecified atom stereocenters. The number of likely N-dealkylation sites (tertiary alicyclic amines) is 1. The normalized spacial score (nSPS) is 23.5. The minimum Gasteiger partial charge on any atom is -0.335 e. The second-order valence-corrected chi connectivity index (χ2v) is 7.29. The summed E-state index contributed by atoms with van der Waals surface area (Å²) in [6.45, 7) is 0.906. The summed E-state index contributed by atoms with van der Waals surface area (Å²) in [7, 11) is 0. The topological polar surface area (TPSA) is 20.3 Å². The molecule has 1 saturated heterocycles. The Morgan fingerprint density at radius 1 is 1.20 bits per heavy atom. The lowest BCUT2D eigenvalue weighted by atomic mass is 9.95. The van der Waals surface area contributed by atoms with Crippen molar-refractivity contribution < 1.29 is 4.79 Å². The number of hydrogen-bond acceptors (Lipinski definition) is 2. The molecule has 0 aromatic heterocycles. The van der Waals surface area contributed by atoms with Crippen molar-refractivity contribution >= 4 is 34.5 Å². The zero-order valence-corrected chi connectivity index (χ0v) is 14.0. The highest BCUT2D eigenvalue weighted by molar-refractivity contribution is 9.10. The molecule has 1 amide bonds. The van der Waals surface area contributed by atoms with E-state index in [-0.39, 0.29) is 5.91 Å². The molecule has 0 spiro atoms. The maximum absolute atomic E-state index is 12.8. The molecule has 108 valence electrons. The quantitative estimate of drug-likeness (QED) is 0.774. The Morgan fingerprint density at radius 2 is 1.95 bits per heavy atom. The molecule has 0 N–H and O–H groups in total. The van der Waals surface area contributed by atoms with Crippen molar-refractivity contribution in [1.82, 2.24) is 4.90 Å². The van der Waals surface area contributed by atoms with E-state index in [1.165, 1.54) is 32.1 Å². The van der Waals surface area contributed by atoms with Gasteiger partial charge >= 0.3 is 0 Å². The van der Waals surface area contributed by atoms with Crippen molar-refractivity contribution in [3.8, 4) is 0 Å². The molecule has 1 saturated carbocycles. The fraction of sp³-hybridized carbons (Fsp3) is 0.562. The Hall–Kier alpha value is -0.480. The number of nitrogens with zero attached hydrogens (tertiary/aromatic N) is 1. The highest BCUT2D eigenvalue weighted by Gasteiger charge is 2.36. The van der Waals surface area contributed by atoms with Gasteiger partial charge < -0.3 is 4.90 Å². The Kier molecular flexibility index (Phi) is 4.41. The lowest BCUT2D eigenvalue weighted by molar-refractivity contribution is 0.0688. The van der Waals surface area contributed by atoms with Gasteiger partial charge in [0.25, 0.3) is 5.91 Å². The van der Waals surface area contributed by atoms with Crippen molar-refractivity contribution in [2.75, 3.05) is 6.54 Å². The summed E-state index contributed by atoms with van der Waals surface area (Å²) in [6, 6.07) is 6.15. The Morgan fingerprint density at radius 3 is 2.70 bits per heavy atom. The van der Waals surface area contributed by atoms with E-state index in [0.717, 1.165) is 33.8 Å². The first-order valence-corrected chi connectivity index (χ1v) is 8.70. The van der Waals surface area contributed by atoms with Crippen LogP contribution in [0, 0.1) is 5.92 Å². The Bertz CT molecular complexity index is 513. The average molecular weight is 354 g/mol. The number of amides is 1. The lowest BCUT2D eigenvalue weighted by Gasteiger charge is -2.30. The lowest BCUT2D eigenvalue weighted by Crippen LogP contribution is -2.39. The second kappa shape index (κ2) is 6.10. The maximum atomic E-state index is 12.8. The molecule has 1 atom stereocenters. The summed E-state index contributed by atoms with van der Waals surface area (Å²) >= 11 is 7.86. The molecule has 2 fully saturated rings. The summed E-state index contributed by atoms with van der Waals surface area (Å²) in [4.78, 5) is 15.8. The maximum Gasteiger partial charge on any atom is 0.255 e. The average Bonchev–Trinajstić information content (AvgIpc) is 3.10. The molecule has 2 nitrogen and oxygen atoms in total. The van der Waals surface area contributed by atoms with Gasteiger partial charge in [0.1, 0.15) is 0 Å². The first-order valence-electron chi connectivity index (χ1n) is 7.46. The van der Waals surface area contributed by atoms with Crippen molar-refractivity contribution in [3.05, 3.63) is 28.2 Å². The summed E-state index contributed by atoms with van der Waals surface area (Å²) in [5, 5.41) is 0. The summed E-state index contributed by atoms with van der Waals surface area (Å²) in [6.07, 6.45) is 7.57. The molecular formula is C16H20BrNOS. The third-order valence-corrected chi connectivity index (χ3v) is 5.65. The van der Waals surface area contributed by atoms with E-state index in [9.17, 15) is 4.79 Å². The number of benzene rings is 1. The van der Waals surface area contributed by atoms with Crippen LogP contribution in [0.3, 0.4) is 0 Å². The summed E-state index contributed by atoms with van der Waals surface area (Å²) < 4.78 is 0.873. The number of thiol groups is 1. The van der Waals surface area contributed by atoms with Gasteiger partial charge in [-0.2, -0.15) is 0 Å². The van der Waals surface area contributed by atoms with E-state index in [0.29, 0.717) is 6.04 Å². The van der Waals surface area contributed by atoms with Gasteiger partial charge in [-0.25, -0.2) is 0 Å². The fourth-order valence-corrected chi connectivity index (χ4v) is 4.33. The minimum atomic E-state index is 0.169. The molecule has 1 aliphatic carbocycles. The smallest absolute Gasteiger partial charge is 0.255 e. The first kappa shape index (κ1) is 14.5. The molecule has 3 rings (SSSR count). The number of carbonyl (C=O) groups excluding carboxylic acids is 1. The second-order valence-electron chi connectivity index (χ2n) is 5.92. The van der Waals surface area contributed by atoms with Crippen LogP contribution in [0.25, 0.3) is 0 Å². The standard InChI is InChI=1S/C16H20BrNOS/c17-14-8-7-12(20)10-13(14)16(19)18-9-3-6-15(18)11-4-1-2-5-11/h7-8,10-11,15,20H,1-6,9H2. The monoisotopic (exact) mass is 353 g/mol. The third-order valence-electron chi connectivity index (χ3n) is 4.68. The van der Waals surface area contributed by atoms with Gasteiger partial charge in [-0.1, -0.05) is 12.8 Å². The first-order chi connectivity index (χ1) is 9.66. The van der Waals surface area contributed by atoms with Gasteiger partial charge in [0.15, 0.2) is 0 Å². The molecule has 1 aromatic rings. The molecule has 20 heavy (non-hydrogen) atoms. The number of halogens is 1. The number of rotatable bonds is 2. The summed E-state index contributed by atoms with van der Waals surface area (Å²) in [5.74, 6) is 0.890. The zero-order chi connectivity index (χ0) is 14.1. The van der Waals surface area contributed by atoms with Crippen LogP contribution in [0.4, 0.5) is 0 Å². The van der Waals surface area contributed by atoms with E-state index in [1.54, 1.807) is 0 Å². The SMILES string of the molecule is O=C(c1cc(S)ccc1Br)N1CCCC1C1CCCC1. The molecule has 2 aliphatic rings. The predicted octanol–water partition coefficient (Wildman–Crippen LogP) is 4.53. The Balaban J connectivity index is 1.83. The van der Waals surface area contributed by atoms with Crippen LogP contribution in [-0.4, -0.2) is 23.4 Å². The van der Waals surface area contributed by atoms with Gasteiger partial charge in [0.05, 0.1) is 5.56 Å². The van der Waals surface area contributed by atoms with E-state index < -0.39 is 0 Å². The van der Waals surface area contributed by atoms with Gasteiger partial charge in [0.2, 0.25) is 0 Å². The van der Waals surface area contributed by atoms with Gasteiger partial charge in [-0.3, -0.25) is 4.79 Å². The molecular weight excluding hydrogens is 334 g/mol. The third kappa shape index (κ3) is 2.77. The van der Waals surface area contributed by atoms with E-state index in [1.807, 2.05) is 18.2 Å². The van der Waals surface area contributed by atoms with Crippen LogP contribution in [0.5, 0.6) is 0 Å². The number of carbonyl (C=O) groups is 1. The Labute approximate surface area is 134 Å².